The average molecular weight is 251 g/mol. The first-order chi connectivity index (χ1) is 8.81. The smallest absolute Gasteiger partial charge is 0.374 e. The first-order valence-corrected chi connectivity index (χ1v) is 5.42. The maximum Gasteiger partial charge on any atom is 0.374 e. The van der Waals surface area contributed by atoms with Crippen LogP contribution >= 0.6 is 0 Å². The van der Waals surface area contributed by atoms with Gasteiger partial charge in [0.2, 0.25) is 12.2 Å². The molecule has 0 unspecified atom stereocenters. The van der Waals surface area contributed by atoms with Crippen LogP contribution in [0.15, 0.2) is 27.7 Å². The minimum Gasteiger partial charge on any atom is -0.463 e. The highest BCUT2D eigenvalue weighted by atomic mass is 16.5. The van der Waals surface area contributed by atoms with Gasteiger partial charge >= 0.3 is 5.97 Å². The molecule has 0 saturated heterocycles. The van der Waals surface area contributed by atoms with Crippen LogP contribution in [0.3, 0.4) is 0 Å². The summed E-state index contributed by atoms with van der Waals surface area (Å²) in [5.41, 5.74) is 0.759. The minimum absolute atomic E-state index is 0.226. The van der Waals surface area contributed by atoms with Gasteiger partial charge in [-0.25, -0.2) is 4.79 Å². The summed E-state index contributed by atoms with van der Waals surface area (Å²) in [4.78, 5) is 15.2. The van der Waals surface area contributed by atoms with Gasteiger partial charge in [-0.2, -0.15) is 4.98 Å². The summed E-state index contributed by atoms with van der Waals surface area (Å²) in [6.07, 6.45) is 3.41. The van der Waals surface area contributed by atoms with E-state index in [1.54, 1.807) is 6.07 Å². The third-order valence-corrected chi connectivity index (χ3v) is 2.37. The monoisotopic (exact) mass is 251 g/mol. The molecule has 2 rings (SSSR count). The number of nitrogens with zero attached hydrogens (tertiary/aromatic N) is 2. The van der Waals surface area contributed by atoms with Gasteiger partial charge in [0.15, 0.2) is 5.82 Å². The Morgan fingerprint density at radius 1 is 1.56 bits per heavy atom. The summed E-state index contributed by atoms with van der Waals surface area (Å²) in [5, 5.41) is 6.85. The molecular formula is C11H13N3O4. The van der Waals surface area contributed by atoms with Crippen molar-refractivity contribution in [2.75, 3.05) is 13.7 Å². The zero-order valence-electron chi connectivity index (χ0n) is 9.88. The van der Waals surface area contributed by atoms with E-state index >= 15 is 0 Å². The Morgan fingerprint density at radius 3 is 3.17 bits per heavy atom. The number of aromatic nitrogens is 2. The summed E-state index contributed by atoms with van der Waals surface area (Å²) in [6, 6.07) is 1.73. The average Bonchev–Trinajstić information content (AvgIpc) is 3.04. The summed E-state index contributed by atoms with van der Waals surface area (Å²) < 4.78 is 14.3. The Kier molecular flexibility index (Phi) is 4.08. The summed E-state index contributed by atoms with van der Waals surface area (Å²) in [6.45, 7) is 1.18. The lowest BCUT2D eigenvalue weighted by atomic mass is 10.2. The Bertz CT molecular complexity index is 492. The summed E-state index contributed by atoms with van der Waals surface area (Å²) in [7, 11) is 1.32. The number of carbonyl (C=O) groups is 1. The molecule has 0 aliphatic carbocycles. The van der Waals surface area contributed by atoms with E-state index in [1.165, 1.54) is 19.8 Å². The van der Waals surface area contributed by atoms with Gasteiger partial charge in [-0.15, -0.1) is 0 Å². The molecule has 0 bridgehead atoms. The zero-order chi connectivity index (χ0) is 12.8. The maximum absolute atomic E-state index is 11.3. The highest BCUT2D eigenvalue weighted by Gasteiger charge is 2.15. The van der Waals surface area contributed by atoms with E-state index in [0.717, 1.165) is 5.56 Å². The molecule has 0 radical (unpaired) electrons. The fourth-order valence-corrected chi connectivity index (χ4v) is 1.47. The van der Waals surface area contributed by atoms with Crippen molar-refractivity contribution in [3.8, 4) is 0 Å². The van der Waals surface area contributed by atoms with Crippen molar-refractivity contribution in [1.82, 2.24) is 15.5 Å². The van der Waals surface area contributed by atoms with E-state index in [9.17, 15) is 4.79 Å². The van der Waals surface area contributed by atoms with Gasteiger partial charge < -0.3 is 19.0 Å². The van der Waals surface area contributed by atoms with Crippen molar-refractivity contribution in [3.63, 3.8) is 0 Å². The van der Waals surface area contributed by atoms with E-state index in [-0.39, 0.29) is 5.76 Å². The molecule has 0 spiro atoms. The number of carbonyl (C=O) groups excluding carboxylic acids is 1. The van der Waals surface area contributed by atoms with E-state index < -0.39 is 5.97 Å². The van der Waals surface area contributed by atoms with Crippen molar-refractivity contribution in [1.29, 1.82) is 0 Å². The molecule has 2 aromatic rings. The number of hydrogen-bond acceptors (Lipinski definition) is 7. The third-order valence-electron chi connectivity index (χ3n) is 2.37. The number of rotatable bonds is 6. The van der Waals surface area contributed by atoms with Crippen LogP contribution in [0.2, 0.25) is 0 Å². The fourth-order valence-electron chi connectivity index (χ4n) is 1.47. The quantitative estimate of drug-likeness (QED) is 0.599. The van der Waals surface area contributed by atoms with Crippen LogP contribution in [0.1, 0.15) is 21.9 Å². The SMILES string of the molecule is COC(=O)c1occc1CNCCc1ncon1. The second kappa shape index (κ2) is 5.97. The molecule has 0 aliphatic rings. The van der Waals surface area contributed by atoms with E-state index in [0.29, 0.717) is 25.3 Å². The molecule has 0 aromatic carbocycles. The lowest BCUT2D eigenvalue weighted by Crippen LogP contribution is -2.18. The molecule has 0 atom stereocenters. The largest absolute Gasteiger partial charge is 0.463 e. The van der Waals surface area contributed by atoms with Crippen LogP contribution in [0, 0.1) is 0 Å². The Hall–Kier alpha value is -2.15. The van der Waals surface area contributed by atoms with Crippen LogP contribution < -0.4 is 5.32 Å². The lowest BCUT2D eigenvalue weighted by molar-refractivity contribution is 0.0563. The Labute approximate surface area is 103 Å². The molecule has 0 saturated carbocycles. The number of esters is 1. The minimum atomic E-state index is -0.477. The molecule has 1 N–H and O–H groups in total. The Morgan fingerprint density at radius 2 is 2.44 bits per heavy atom. The molecule has 0 amide bonds. The molecule has 2 heterocycles. The van der Waals surface area contributed by atoms with Gasteiger partial charge in [0, 0.05) is 25.1 Å². The van der Waals surface area contributed by atoms with Crippen molar-refractivity contribution >= 4 is 5.97 Å². The van der Waals surface area contributed by atoms with Crippen LogP contribution in [0.25, 0.3) is 0 Å². The molecule has 7 heteroatoms. The van der Waals surface area contributed by atoms with Crippen LogP contribution in [-0.4, -0.2) is 29.8 Å². The number of nitrogens with one attached hydrogen (secondary N) is 1. The molecule has 18 heavy (non-hydrogen) atoms. The predicted octanol–water partition coefficient (Wildman–Crippen LogP) is 0.782. The van der Waals surface area contributed by atoms with Gasteiger partial charge in [-0.1, -0.05) is 5.16 Å². The molecule has 2 aromatic heterocycles. The first kappa shape index (κ1) is 12.3. The van der Waals surface area contributed by atoms with Crippen LogP contribution in [0.4, 0.5) is 0 Å². The summed E-state index contributed by atoms with van der Waals surface area (Å²) >= 11 is 0. The van der Waals surface area contributed by atoms with Gasteiger partial charge in [0.05, 0.1) is 13.4 Å². The maximum atomic E-state index is 11.3. The number of hydrogen-bond donors (Lipinski definition) is 1. The second-order valence-corrected chi connectivity index (χ2v) is 3.54. The van der Waals surface area contributed by atoms with Crippen molar-refractivity contribution in [3.05, 3.63) is 35.9 Å². The zero-order valence-corrected chi connectivity index (χ0v) is 9.88. The number of furan rings is 1. The van der Waals surface area contributed by atoms with E-state index in [1.807, 2.05) is 0 Å². The Balaban J connectivity index is 1.80. The highest BCUT2D eigenvalue weighted by molar-refractivity contribution is 5.87. The third kappa shape index (κ3) is 2.95. The normalized spacial score (nSPS) is 10.5. The van der Waals surface area contributed by atoms with E-state index in [4.69, 9.17) is 4.42 Å². The molecule has 7 nitrogen and oxygen atoms in total. The van der Waals surface area contributed by atoms with Crippen molar-refractivity contribution in [2.45, 2.75) is 13.0 Å². The van der Waals surface area contributed by atoms with Crippen LogP contribution in [-0.2, 0) is 17.7 Å². The van der Waals surface area contributed by atoms with Crippen molar-refractivity contribution in [2.24, 2.45) is 0 Å². The van der Waals surface area contributed by atoms with E-state index in [2.05, 4.69) is 24.7 Å². The number of methoxy groups -OCH3 is 1. The van der Waals surface area contributed by atoms with Crippen LogP contribution in [0.5, 0.6) is 0 Å². The highest BCUT2D eigenvalue weighted by Crippen LogP contribution is 2.11. The van der Waals surface area contributed by atoms with Gasteiger partial charge in [-0.05, 0) is 6.07 Å². The fraction of sp³-hybridized carbons (Fsp3) is 0.364. The second-order valence-electron chi connectivity index (χ2n) is 3.54. The molecular weight excluding hydrogens is 238 g/mol. The van der Waals surface area contributed by atoms with Gasteiger partial charge in [0.1, 0.15) is 0 Å². The molecule has 0 fully saturated rings. The van der Waals surface area contributed by atoms with Gasteiger partial charge in [-0.3, -0.25) is 0 Å². The predicted molar refractivity (Wildman–Crippen MR) is 59.8 cm³/mol. The molecule has 0 aliphatic heterocycles. The van der Waals surface area contributed by atoms with Gasteiger partial charge in [0.25, 0.3) is 0 Å². The topological polar surface area (TPSA) is 90.4 Å². The first-order valence-electron chi connectivity index (χ1n) is 5.42. The number of ether oxygens (including phenoxy) is 1. The lowest BCUT2D eigenvalue weighted by Gasteiger charge is -2.02. The standard InChI is InChI=1S/C11H13N3O4/c1-16-11(15)10-8(3-5-17-10)6-12-4-2-9-13-7-18-14-9/h3,5,7,12H,2,4,6H2,1H3. The summed E-state index contributed by atoms with van der Waals surface area (Å²) in [5.74, 6) is 0.391. The molecule has 96 valence electrons. The van der Waals surface area contributed by atoms with Crippen molar-refractivity contribution < 1.29 is 18.5 Å².